The van der Waals surface area contributed by atoms with Gasteiger partial charge in [0.2, 0.25) is 0 Å². The summed E-state index contributed by atoms with van der Waals surface area (Å²) in [6, 6.07) is 5.62. The van der Waals surface area contributed by atoms with Crippen LogP contribution in [0.4, 0.5) is 0 Å². The van der Waals surface area contributed by atoms with Crippen molar-refractivity contribution in [1.29, 1.82) is 0 Å². The molecule has 120 valence electrons. The second kappa shape index (κ2) is 6.33. The second-order valence-corrected chi connectivity index (χ2v) is 5.51. The van der Waals surface area contributed by atoms with Gasteiger partial charge in [0.25, 0.3) is 0 Å². The predicted molar refractivity (Wildman–Crippen MR) is 91.0 cm³/mol. The lowest BCUT2D eigenvalue weighted by Crippen LogP contribution is -2.29. The van der Waals surface area contributed by atoms with Crippen LogP contribution in [0.5, 0.6) is 0 Å². The molecule has 0 saturated heterocycles. The maximum Gasteiger partial charge on any atom is 0.125 e. The summed E-state index contributed by atoms with van der Waals surface area (Å²) < 4.78 is 1.81. The van der Waals surface area contributed by atoms with Gasteiger partial charge in [-0.25, -0.2) is 5.84 Å². The Hall–Kier alpha value is -2.48. The minimum atomic E-state index is -0.0567. The van der Waals surface area contributed by atoms with Crippen molar-refractivity contribution in [3.8, 4) is 11.1 Å². The van der Waals surface area contributed by atoms with Crippen molar-refractivity contribution >= 4 is 28.3 Å². The highest BCUT2D eigenvalue weighted by Gasteiger charge is 2.13. The molecule has 2 heterocycles. The Balaban J connectivity index is 2.15. The van der Waals surface area contributed by atoms with Gasteiger partial charge in [-0.1, -0.05) is 17.7 Å². The molecule has 0 radical (unpaired) electrons. The fourth-order valence-electron chi connectivity index (χ4n) is 2.45. The first-order valence-electron chi connectivity index (χ1n) is 7.00. The number of benzene rings is 1. The van der Waals surface area contributed by atoms with Crippen molar-refractivity contribution in [2.24, 2.45) is 11.6 Å². The quantitative estimate of drug-likeness (QED) is 0.419. The lowest BCUT2D eigenvalue weighted by Gasteiger charge is -2.14. The van der Waals surface area contributed by atoms with Gasteiger partial charge in [0.05, 0.1) is 31.1 Å². The number of rotatable bonds is 5. The fourth-order valence-corrected chi connectivity index (χ4v) is 2.62. The van der Waals surface area contributed by atoms with Crippen molar-refractivity contribution in [1.82, 2.24) is 19.8 Å². The van der Waals surface area contributed by atoms with E-state index in [1.54, 1.807) is 17.0 Å². The van der Waals surface area contributed by atoms with Crippen molar-refractivity contribution in [3.63, 3.8) is 0 Å². The van der Waals surface area contributed by atoms with Crippen LogP contribution in [0.25, 0.3) is 27.9 Å². The van der Waals surface area contributed by atoms with E-state index in [9.17, 15) is 0 Å². The number of aliphatic hydroxyl groups excluding tert-OH is 1. The van der Waals surface area contributed by atoms with E-state index in [0.717, 1.165) is 22.0 Å². The largest absolute Gasteiger partial charge is 0.394 e. The molecule has 7 nitrogen and oxygen atoms in total. The van der Waals surface area contributed by atoms with E-state index in [4.69, 9.17) is 28.3 Å². The van der Waals surface area contributed by atoms with E-state index in [2.05, 4.69) is 10.2 Å². The van der Waals surface area contributed by atoms with Crippen LogP contribution in [-0.2, 0) is 0 Å². The molecule has 0 aliphatic carbocycles. The first-order valence-corrected chi connectivity index (χ1v) is 7.37. The minimum Gasteiger partial charge on any atom is -0.394 e. The molecule has 3 aromatic rings. The lowest BCUT2D eigenvalue weighted by molar-refractivity contribution is 0.239. The molecule has 23 heavy (non-hydrogen) atoms. The Morgan fingerprint density at radius 3 is 3.00 bits per heavy atom. The number of hydrogen-bond donors (Lipinski definition) is 4. The third kappa shape index (κ3) is 3.02. The Bertz CT molecular complexity index is 839. The lowest BCUT2D eigenvalue weighted by atomic mass is 10.1. The van der Waals surface area contributed by atoms with Gasteiger partial charge in [-0.2, -0.15) is 5.10 Å². The summed E-state index contributed by atoms with van der Waals surface area (Å²) in [5, 5.41) is 18.7. The number of H-pyrrole nitrogens is 1. The van der Waals surface area contributed by atoms with Gasteiger partial charge in [0.15, 0.2) is 0 Å². The number of hydrogen-bond acceptors (Lipinski definition) is 5. The third-order valence-corrected chi connectivity index (χ3v) is 3.75. The predicted octanol–water partition coefficient (Wildman–Crippen LogP) is 1.57. The number of nitrogens with two attached hydrogens (primary N) is 2. The fraction of sp³-hybridized carbons (Fsp3) is 0.133. The van der Waals surface area contributed by atoms with Crippen molar-refractivity contribution < 1.29 is 5.11 Å². The molecule has 3 rings (SSSR count). The molecule has 0 aliphatic rings. The van der Waals surface area contributed by atoms with E-state index < -0.39 is 0 Å². The molecule has 0 spiro atoms. The van der Waals surface area contributed by atoms with Crippen LogP contribution in [-0.4, -0.2) is 38.0 Å². The molecule has 0 bridgehead atoms. The monoisotopic (exact) mass is 332 g/mol. The molecule has 0 atom stereocenters. The maximum atomic E-state index is 8.93. The molecule has 0 saturated carbocycles. The van der Waals surface area contributed by atoms with Crippen LogP contribution in [0.1, 0.15) is 0 Å². The second-order valence-electron chi connectivity index (χ2n) is 5.08. The summed E-state index contributed by atoms with van der Waals surface area (Å²) in [5.74, 6) is 6.18. The molecule has 0 amide bonds. The van der Waals surface area contributed by atoms with E-state index in [0.29, 0.717) is 10.8 Å². The van der Waals surface area contributed by atoms with Crippen LogP contribution in [0, 0.1) is 0 Å². The standard InChI is InChI=1S/C15H17ClN6O/c16-11-1-2-12-13(10-6-19-20-7-10)8-22(14(12)5-11)15(17)9-21(18)3-4-23/h1-2,5-9,23H,3-4,17-18H2,(H,19,20)/b15-9+. The molecular formula is C15H17ClN6O. The van der Waals surface area contributed by atoms with Crippen molar-refractivity contribution in [2.45, 2.75) is 0 Å². The zero-order chi connectivity index (χ0) is 16.4. The molecule has 8 heteroatoms. The number of aliphatic hydroxyl groups is 1. The normalized spacial score (nSPS) is 12.0. The number of hydrazine groups is 1. The van der Waals surface area contributed by atoms with Gasteiger partial charge in [-0.05, 0) is 12.1 Å². The topological polar surface area (TPSA) is 109 Å². The summed E-state index contributed by atoms with van der Waals surface area (Å²) in [6.45, 7) is 0.230. The van der Waals surface area contributed by atoms with Crippen LogP contribution < -0.4 is 11.6 Å². The van der Waals surface area contributed by atoms with Gasteiger partial charge < -0.3 is 20.4 Å². The van der Waals surface area contributed by atoms with Gasteiger partial charge in [0, 0.05) is 33.9 Å². The van der Waals surface area contributed by atoms with Crippen LogP contribution in [0.15, 0.2) is 43.0 Å². The molecular weight excluding hydrogens is 316 g/mol. The third-order valence-electron chi connectivity index (χ3n) is 3.51. The van der Waals surface area contributed by atoms with E-state index in [-0.39, 0.29) is 13.2 Å². The Morgan fingerprint density at radius 1 is 1.48 bits per heavy atom. The first-order chi connectivity index (χ1) is 11.1. The summed E-state index contributed by atoms with van der Waals surface area (Å²) in [7, 11) is 0. The number of nitrogens with zero attached hydrogens (tertiary/aromatic N) is 3. The Morgan fingerprint density at radius 2 is 2.30 bits per heavy atom. The highest BCUT2D eigenvalue weighted by atomic mass is 35.5. The van der Waals surface area contributed by atoms with Gasteiger partial charge in [-0.15, -0.1) is 0 Å². The molecule has 0 fully saturated rings. The molecule has 0 unspecified atom stereocenters. The zero-order valence-corrected chi connectivity index (χ0v) is 13.0. The van der Waals surface area contributed by atoms with Gasteiger partial charge in [0.1, 0.15) is 5.82 Å². The van der Waals surface area contributed by atoms with Crippen molar-refractivity contribution in [2.75, 3.05) is 13.2 Å². The van der Waals surface area contributed by atoms with Gasteiger partial charge in [-0.3, -0.25) is 5.10 Å². The van der Waals surface area contributed by atoms with Crippen LogP contribution >= 0.6 is 11.6 Å². The summed E-state index contributed by atoms with van der Waals surface area (Å²) in [4.78, 5) is 0. The zero-order valence-electron chi connectivity index (χ0n) is 12.3. The summed E-state index contributed by atoms with van der Waals surface area (Å²) >= 11 is 6.12. The van der Waals surface area contributed by atoms with E-state index in [1.807, 2.05) is 30.6 Å². The number of halogens is 1. The average Bonchev–Trinajstić information content (AvgIpc) is 3.13. The molecule has 2 aromatic heterocycles. The molecule has 6 N–H and O–H groups in total. The number of aromatic nitrogens is 3. The average molecular weight is 333 g/mol. The maximum absolute atomic E-state index is 8.93. The molecule has 0 aliphatic heterocycles. The first kappa shape index (κ1) is 15.4. The number of fused-ring (bicyclic) bond motifs is 1. The van der Waals surface area contributed by atoms with Crippen molar-refractivity contribution in [3.05, 3.63) is 48.0 Å². The molecule has 1 aromatic carbocycles. The van der Waals surface area contributed by atoms with Gasteiger partial charge >= 0.3 is 0 Å². The smallest absolute Gasteiger partial charge is 0.125 e. The highest BCUT2D eigenvalue weighted by molar-refractivity contribution is 6.31. The number of nitrogens with one attached hydrogen (secondary N) is 1. The SMILES string of the molecule is N/C(=C\N(N)CCO)n1cc(-c2cn[nH]c2)c2ccc(Cl)cc21. The summed E-state index contributed by atoms with van der Waals surface area (Å²) in [5.41, 5.74) is 8.95. The van der Waals surface area contributed by atoms with Crippen LogP contribution in [0.3, 0.4) is 0 Å². The number of aromatic amines is 1. The Labute approximate surface area is 137 Å². The van der Waals surface area contributed by atoms with E-state index >= 15 is 0 Å². The van der Waals surface area contributed by atoms with Crippen LogP contribution in [0.2, 0.25) is 5.02 Å². The summed E-state index contributed by atoms with van der Waals surface area (Å²) in [6.07, 6.45) is 7.03. The highest BCUT2D eigenvalue weighted by Crippen LogP contribution is 2.32. The van der Waals surface area contributed by atoms with E-state index in [1.165, 1.54) is 5.01 Å². The Kier molecular flexibility index (Phi) is 4.24. The minimum absolute atomic E-state index is 0.0567.